The van der Waals surface area contributed by atoms with E-state index in [-0.39, 0.29) is 11.5 Å². The Morgan fingerprint density at radius 3 is 1.66 bits per heavy atom. The Kier molecular flexibility index (Phi) is 16.7. The minimum absolute atomic E-state index is 0.0115. The summed E-state index contributed by atoms with van der Waals surface area (Å²) in [6.45, 7) is 21.6. The summed E-state index contributed by atoms with van der Waals surface area (Å²) in [6.07, 6.45) is 38.0. The van der Waals surface area contributed by atoms with Crippen LogP contribution in [-0.4, -0.2) is 11.2 Å². The molecule has 0 aromatic heterocycles. The molecule has 1 N–H and O–H groups in total. The van der Waals surface area contributed by atoms with Crippen molar-refractivity contribution in [2.24, 2.45) is 5.41 Å². The van der Waals surface area contributed by atoms with Gasteiger partial charge in [0, 0.05) is 0 Å². The van der Waals surface area contributed by atoms with Gasteiger partial charge < -0.3 is 5.11 Å². The van der Waals surface area contributed by atoms with Gasteiger partial charge in [0.2, 0.25) is 0 Å². The van der Waals surface area contributed by atoms with E-state index in [4.69, 9.17) is 0 Å². The summed E-state index contributed by atoms with van der Waals surface area (Å²) >= 11 is 0. The lowest BCUT2D eigenvalue weighted by atomic mass is 9.71. The van der Waals surface area contributed by atoms with Crippen molar-refractivity contribution in [1.82, 2.24) is 0 Å². The summed E-state index contributed by atoms with van der Waals surface area (Å²) in [6, 6.07) is 0. The molecule has 0 amide bonds. The second-order valence-corrected chi connectivity index (χ2v) is 12.4. The molecular weight excluding hydrogens is 496 g/mol. The van der Waals surface area contributed by atoms with Crippen molar-refractivity contribution >= 4 is 0 Å². The van der Waals surface area contributed by atoms with Crippen LogP contribution < -0.4 is 0 Å². The average Bonchev–Trinajstić information content (AvgIpc) is 2.85. The summed E-state index contributed by atoms with van der Waals surface area (Å²) in [7, 11) is 0. The summed E-state index contributed by atoms with van der Waals surface area (Å²) in [4.78, 5) is 0. The van der Waals surface area contributed by atoms with E-state index < -0.39 is 0 Å². The predicted octanol–water partition coefficient (Wildman–Crippen LogP) is 11.7. The van der Waals surface area contributed by atoms with Gasteiger partial charge in [-0.05, 0) is 92.1 Å². The van der Waals surface area contributed by atoms with Gasteiger partial charge in [-0.2, -0.15) is 0 Å². The van der Waals surface area contributed by atoms with Gasteiger partial charge in [0.05, 0.1) is 6.10 Å². The molecule has 0 bridgehead atoms. The molecule has 1 aliphatic rings. The first-order valence-corrected chi connectivity index (χ1v) is 15.1. The van der Waals surface area contributed by atoms with Crippen molar-refractivity contribution in [3.05, 3.63) is 142 Å². The Morgan fingerprint density at radius 1 is 0.707 bits per heavy atom. The third-order valence-electron chi connectivity index (χ3n) is 7.09. The van der Waals surface area contributed by atoms with Crippen LogP contribution in [0.1, 0.15) is 94.9 Å². The van der Waals surface area contributed by atoms with E-state index in [2.05, 4.69) is 166 Å². The molecule has 41 heavy (non-hydrogen) atoms. The zero-order valence-corrected chi connectivity index (χ0v) is 27.6. The quantitative estimate of drug-likeness (QED) is 0.178. The maximum absolute atomic E-state index is 10.1. The van der Waals surface area contributed by atoms with E-state index in [1.807, 2.05) is 0 Å². The standard InChI is InChI=1S/C40H56O/c1-31(2)17-13-20-34(5)23-15-25-35(6)24-14-21-32(3)18-11-12-19-33(4)22-16-26-36(7)27-28-39-37(8)29-38(41)30-40(39,9)10/h11-12,14-19,21-28,38,41H,13,20,29-30H2,1-10H3/b12-11+,21-14+,22-16+,25-15+,28-27+,32-18+,33-19+,34-23+,35-24+,36-26+/t38-/m0/s1. The molecule has 0 fully saturated rings. The van der Waals surface area contributed by atoms with Crippen LogP contribution in [0.3, 0.4) is 0 Å². The van der Waals surface area contributed by atoms with Crippen molar-refractivity contribution in [1.29, 1.82) is 0 Å². The zero-order valence-electron chi connectivity index (χ0n) is 27.6. The molecule has 1 rings (SSSR count). The Morgan fingerprint density at radius 2 is 1.17 bits per heavy atom. The van der Waals surface area contributed by atoms with Gasteiger partial charge in [-0.25, -0.2) is 0 Å². The third kappa shape index (κ3) is 16.6. The minimum Gasteiger partial charge on any atom is -0.393 e. The van der Waals surface area contributed by atoms with Crippen LogP contribution in [0, 0.1) is 5.41 Å². The normalized spacial score (nSPS) is 20.2. The second kappa shape index (κ2) is 19.1. The molecule has 0 spiro atoms. The van der Waals surface area contributed by atoms with Gasteiger partial charge in [0.1, 0.15) is 0 Å². The molecule has 0 aromatic carbocycles. The van der Waals surface area contributed by atoms with Gasteiger partial charge >= 0.3 is 0 Å². The smallest absolute Gasteiger partial charge is 0.0585 e. The fraction of sp³-hybridized carbons (Fsp3) is 0.400. The van der Waals surface area contributed by atoms with E-state index in [9.17, 15) is 5.11 Å². The largest absolute Gasteiger partial charge is 0.393 e. The molecule has 1 heteroatoms. The van der Waals surface area contributed by atoms with Gasteiger partial charge in [-0.3, -0.25) is 0 Å². The highest BCUT2D eigenvalue weighted by Gasteiger charge is 2.31. The average molecular weight is 553 g/mol. The number of aliphatic hydroxyl groups is 1. The molecule has 0 aromatic rings. The van der Waals surface area contributed by atoms with Crippen molar-refractivity contribution in [3.8, 4) is 0 Å². The van der Waals surface area contributed by atoms with Crippen molar-refractivity contribution in [2.75, 3.05) is 0 Å². The van der Waals surface area contributed by atoms with Crippen molar-refractivity contribution < 1.29 is 5.11 Å². The van der Waals surface area contributed by atoms with Crippen molar-refractivity contribution in [2.45, 2.75) is 101 Å². The van der Waals surface area contributed by atoms with Crippen LogP contribution in [0.2, 0.25) is 0 Å². The first-order chi connectivity index (χ1) is 19.3. The number of hydrogen-bond donors (Lipinski definition) is 1. The van der Waals surface area contributed by atoms with Crippen LogP contribution in [0.15, 0.2) is 142 Å². The number of rotatable bonds is 13. The topological polar surface area (TPSA) is 20.2 Å². The summed E-state index contributed by atoms with van der Waals surface area (Å²) in [5, 5.41) is 10.1. The maximum atomic E-state index is 10.1. The molecule has 0 unspecified atom stereocenters. The van der Waals surface area contributed by atoms with Crippen LogP contribution in [0.25, 0.3) is 0 Å². The highest BCUT2D eigenvalue weighted by molar-refractivity contribution is 5.38. The minimum atomic E-state index is -0.222. The second-order valence-electron chi connectivity index (χ2n) is 12.4. The molecule has 1 aliphatic carbocycles. The number of hydrogen-bond acceptors (Lipinski definition) is 1. The van der Waals surface area contributed by atoms with Crippen LogP contribution in [-0.2, 0) is 0 Å². The first kappa shape index (κ1) is 35.9. The van der Waals surface area contributed by atoms with Gasteiger partial charge in [0.15, 0.2) is 0 Å². The van der Waals surface area contributed by atoms with Crippen LogP contribution >= 0.6 is 0 Å². The lowest BCUT2D eigenvalue weighted by Gasteiger charge is -2.35. The number of aliphatic hydroxyl groups excluding tert-OH is 1. The Labute approximate surface area is 252 Å². The molecule has 0 saturated heterocycles. The molecule has 1 atom stereocenters. The van der Waals surface area contributed by atoms with Gasteiger partial charge in [0.25, 0.3) is 0 Å². The molecule has 0 heterocycles. The highest BCUT2D eigenvalue weighted by Crippen LogP contribution is 2.41. The lowest BCUT2D eigenvalue weighted by Crippen LogP contribution is -2.28. The third-order valence-corrected chi connectivity index (χ3v) is 7.09. The Bertz CT molecular complexity index is 1220. The van der Waals surface area contributed by atoms with E-state index in [1.54, 1.807) is 0 Å². The Hall–Kier alpha value is -3.16. The summed E-state index contributed by atoms with van der Waals surface area (Å²) in [5.41, 5.74) is 10.3. The van der Waals surface area contributed by atoms with Gasteiger partial charge in [-0.1, -0.05) is 150 Å². The molecular formula is C40H56O. The van der Waals surface area contributed by atoms with E-state index >= 15 is 0 Å². The molecule has 0 radical (unpaired) electrons. The predicted molar refractivity (Wildman–Crippen MR) is 185 cm³/mol. The molecule has 0 aliphatic heterocycles. The fourth-order valence-electron chi connectivity index (χ4n) is 4.77. The van der Waals surface area contributed by atoms with E-state index in [1.165, 1.54) is 44.6 Å². The Balaban J connectivity index is 2.60. The lowest BCUT2D eigenvalue weighted by molar-refractivity contribution is 0.116. The van der Waals surface area contributed by atoms with Crippen molar-refractivity contribution in [3.63, 3.8) is 0 Å². The highest BCUT2D eigenvalue weighted by atomic mass is 16.3. The summed E-state index contributed by atoms with van der Waals surface area (Å²) < 4.78 is 0. The SMILES string of the molecule is CC(C)=CCC/C(C)=C/C=C/C(C)=C/C=C/C(C)=C/C=C/C=C(C)/C=C/C=C(C)/C=C/C1=C(C)C[C@H](O)CC1(C)C. The fourth-order valence-corrected chi connectivity index (χ4v) is 4.77. The van der Waals surface area contributed by atoms with Crippen LogP contribution in [0.4, 0.5) is 0 Å². The molecule has 1 nitrogen and oxygen atoms in total. The van der Waals surface area contributed by atoms with E-state index in [0.717, 1.165) is 25.7 Å². The van der Waals surface area contributed by atoms with E-state index in [0.29, 0.717) is 0 Å². The van der Waals surface area contributed by atoms with Gasteiger partial charge in [-0.15, -0.1) is 0 Å². The molecule has 0 saturated carbocycles. The molecule has 222 valence electrons. The van der Waals surface area contributed by atoms with Crippen LogP contribution in [0.5, 0.6) is 0 Å². The number of allylic oxidation sites excluding steroid dienone is 23. The zero-order chi connectivity index (χ0) is 30.8. The maximum Gasteiger partial charge on any atom is 0.0585 e. The summed E-state index contributed by atoms with van der Waals surface area (Å²) in [5.74, 6) is 0. The monoisotopic (exact) mass is 552 g/mol. The first-order valence-electron chi connectivity index (χ1n) is 15.1.